The van der Waals surface area contributed by atoms with Crippen molar-refractivity contribution in [1.82, 2.24) is 0 Å². The van der Waals surface area contributed by atoms with E-state index in [0.29, 0.717) is 17.0 Å². The van der Waals surface area contributed by atoms with Crippen LogP contribution in [0.1, 0.15) is 29.8 Å². The number of rotatable bonds is 7. The molecule has 0 spiro atoms. The van der Waals surface area contributed by atoms with E-state index in [9.17, 15) is 14.4 Å². The number of aryl methyl sites for hydroxylation is 1. The van der Waals surface area contributed by atoms with E-state index in [-0.39, 0.29) is 12.4 Å². The number of carbonyl (C=O) groups is 3. The van der Waals surface area contributed by atoms with Crippen molar-refractivity contribution in [2.24, 2.45) is 0 Å². The van der Waals surface area contributed by atoms with Crippen LogP contribution in [0.25, 0.3) is 0 Å². The van der Waals surface area contributed by atoms with Gasteiger partial charge >= 0.3 is 5.97 Å². The SMILES string of the molecule is CC(=O)c1cccc(NC(=O)[C@H](C)OC(=O)COc2cccc(C)c2)c1. The summed E-state index contributed by atoms with van der Waals surface area (Å²) in [6, 6.07) is 13.8. The summed E-state index contributed by atoms with van der Waals surface area (Å²) >= 11 is 0. The molecule has 6 heteroatoms. The van der Waals surface area contributed by atoms with Crippen LogP contribution in [0.2, 0.25) is 0 Å². The molecule has 1 N–H and O–H groups in total. The van der Waals surface area contributed by atoms with Crippen LogP contribution in [-0.4, -0.2) is 30.4 Å². The molecule has 2 aromatic rings. The van der Waals surface area contributed by atoms with Gasteiger partial charge in [0.1, 0.15) is 5.75 Å². The van der Waals surface area contributed by atoms with Crippen molar-refractivity contribution in [1.29, 1.82) is 0 Å². The molecule has 136 valence electrons. The summed E-state index contributed by atoms with van der Waals surface area (Å²) in [6.45, 7) is 4.54. The van der Waals surface area contributed by atoms with Gasteiger partial charge in [-0.2, -0.15) is 0 Å². The number of amides is 1. The standard InChI is InChI=1S/C20H21NO5/c1-13-6-4-9-18(10-13)25-12-19(23)26-15(3)20(24)21-17-8-5-7-16(11-17)14(2)22/h4-11,15H,12H2,1-3H3,(H,21,24)/t15-/m0/s1. The second kappa shape index (κ2) is 8.80. The molecule has 2 rings (SSSR count). The average Bonchev–Trinajstić information content (AvgIpc) is 2.60. The Bertz CT molecular complexity index is 815. The van der Waals surface area contributed by atoms with Gasteiger partial charge in [0.2, 0.25) is 0 Å². The molecule has 0 radical (unpaired) electrons. The predicted octanol–water partition coefficient (Wildman–Crippen LogP) is 3.15. The smallest absolute Gasteiger partial charge is 0.344 e. The molecule has 0 saturated carbocycles. The van der Waals surface area contributed by atoms with Gasteiger partial charge in [0.15, 0.2) is 18.5 Å². The quantitative estimate of drug-likeness (QED) is 0.609. The minimum atomic E-state index is -0.996. The van der Waals surface area contributed by atoms with Gasteiger partial charge in [0, 0.05) is 11.3 Å². The Labute approximate surface area is 152 Å². The van der Waals surface area contributed by atoms with E-state index in [1.807, 2.05) is 19.1 Å². The third kappa shape index (κ3) is 5.73. The van der Waals surface area contributed by atoms with Crippen molar-refractivity contribution < 1.29 is 23.9 Å². The van der Waals surface area contributed by atoms with Gasteiger partial charge in [-0.1, -0.05) is 24.3 Å². The van der Waals surface area contributed by atoms with E-state index >= 15 is 0 Å². The van der Waals surface area contributed by atoms with Crippen LogP contribution < -0.4 is 10.1 Å². The third-order valence-electron chi connectivity index (χ3n) is 3.56. The molecule has 0 aliphatic heterocycles. The van der Waals surface area contributed by atoms with Crippen LogP contribution in [0, 0.1) is 6.92 Å². The summed E-state index contributed by atoms with van der Waals surface area (Å²) in [4.78, 5) is 35.4. The normalized spacial score (nSPS) is 11.3. The van der Waals surface area contributed by atoms with Gasteiger partial charge in [-0.15, -0.1) is 0 Å². The number of Topliss-reactive ketones (excluding diaryl/α,β-unsaturated/α-hetero) is 1. The lowest BCUT2D eigenvalue weighted by Crippen LogP contribution is -2.31. The summed E-state index contributed by atoms with van der Waals surface area (Å²) in [6.07, 6.45) is -0.996. The zero-order valence-corrected chi connectivity index (χ0v) is 14.9. The number of benzene rings is 2. The average molecular weight is 355 g/mol. The summed E-state index contributed by atoms with van der Waals surface area (Å²) in [5, 5.41) is 2.61. The van der Waals surface area contributed by atoms with Crippen molar-refractivity contribution in [2.45, 2.75) is 26.9 Å². The highest BCUT2D eigenvalue weighted by atomic mass is 16.6. The molecule has 6 nitrogen and oxygen atoms in total. The molecule has 0 unspecified atom stereocenters. The van der Waals surface area contributed by atoms with E-state index in [1.165, 1.54) is 13.8 Å². The van der Waals surface area contributed by atoms with Crippen molar-refractivity contribution in [2.75, 3.05) is 11.9 Å². The Morgan fingerprint density at radius 3 is 2.50 bits per heavy atom. The van der Waals surface area contributed by atoms with Gasteiger partial charge in [0.05, 0.1) is 0 Å². The molecular formula is C20H21NO5. The first-order valence-electron chi connectivity index (χ1n) is 8.16. The van der Waals surface area contributed by atoms with Crippen LogP contribution in [0.15, 0.2) is 48.5 Å². The second-order valence-corrected chi connectivity index (χ2v) is 5.86. The molecule has 0 heterocycles. The predicted molar refractivity (Wildman–Crippen MR) is 97.3 cm³/mol. The Morgan fingerprint density at radius 2 is 1.81 bits per heavy atom. The maximum Gasteiger partial charge on any atom is 0.344 e. The second-order valence-electron chi connectivity index (χ2n) is 5.86. The number of ketones is 1. The Kier molecular flexibility index (Phi) is 6.49. The van der Waals surface area contributed by atoms with Gasteiger partial charge in [0.25, 0.3) is 5.91 Å². The minimum absolute atomic E-state index is 0.103. The highest BCUT2D eigenvalue weighted by Gasteiger charge is 2.18. The van der Waals surface area contributed by atoms with E-state index in [1.54, 1.807) is 36.4 Å². The van der Waals surface area contributed by atoms with Gasteiger partial charge in [-0.3, -0.25) is 9.59 Å². The van der Waals surface area contributed by atoms with Crippen LogP contribution in [-0.2, 0) is 14.3 Å². The van der Waals surface area contributed by atoms with Crippen LogP contribution in [0.3, 0.4) is 0 Å². The van der Waals surface area contributed by atoms with Crippen molar-refractivity contribution >= 4 is 23.3 Å². The molecule has 26 heavy (non-hydrogen) atoms. The summed E-state index contributed by atoms with van der Waals surface area (Å²) in [5.41, 5.74) is 1.96. The lowest BCUT2D eigenvalue weighted by atomic mass is 10.1. The maximum absolute atomic E-state index is 12.1. The van der Waals surface area contributed by atoms with E-state index in [4.69, 9.17) is 9.47 Å². The molecule has 0 bridgehead atoms. The van der Waals surface area contributed by atoms with Crippen molar-refractivity contribution in [3.05, 3.63) is 59.7 Å². The largest absolute Gasteiger partial charge is 0.482 e. The summed E-state index contributed by atoms with van der Waals surface area (Å²) < 4.78 is 10.4. The van der Waals surface area contributed by atoms with E-state index < -0.39 is 18.0 Å². The zero-order valence-electron chi connectivity index (χ0n) is 14.9. The Balaban J connectivity index is 1.85. The highest BCUT2D eigenvalue weighted by molar-refractivity contribution is 5.98. The lowest BCUT2D eigenvalue weighted by molar-refractivity contribution is -0.155. The molecule has 1 atom stereocenters. The molecule has 0 saturated heterocycles. The number of anilines is 1. The molecule has 1 amide bonds. The van der Waals surface area contributed by atoms with Crippen LogP contribution >= 0.6 is 0 Å². The fraction of sp³-hybridized carbons (Fsp3) is 0.250. The van der Waals surface area contributed by atoms with Gasteiger partial charge in [-0.25, -0.2) is 4.79 Å². The van der Waals surface area contributed by atoms with Crippen molar-refractivity contribution in [3.8, 4) is 5.75 Å². The zero-order chi connectivity index (χ0) is 19.1. The molecular weight excluding hydrogens is 334 g/mol. The van der Waals surface area contributed by atoms with Crippen LogP contribution in [0.5, 0.6) is 5.75 Å². The maximum atomic E-state index is 12.1. The monoisotopic (exact) mass is 355 g/mol. The fourth-order valence-corrected chi connectivity index (χ4v) is 2.19. The molecule has 2 aromatic carbocycles. The number of ether oxygens (including phenoxy) is 2. The van der Waals surface area contributed by atoms with E-state index in [2.05, 4.69) is 5.32 Å². The van der Waals surface area contributed by atoms with Gasteiger partial charge < -0.3 is 14.8 Å². The number of hydrogen-bond donors (Lipinski definition) is 1. The first-order valence-corrected chi connectivity index (χ1v) is 8.16. The Hall–Kier alpha value is -3.15. The van der Waals surface area contributed by atoms with Crippen molar-refractivity contribution in [3.63, 3.8) is 0 Å². The number of carbonyl (C=O) groups excluding carboxylic acids is 3. The Morgan fingerprint density at radius 1 is 1.08 bits per heavy atom. The fourth-order valence-electron chi connectivity index (χ4n) is 2.19. The van der Waals surface area contributed by atoms with Gasteiger partial charge in [-0.05, 0) is 50.6 Å². The minimum Gasteiger partial charge on any atom is -0.482 e. The first-order chi connectivity index (χ1) is 12.3. The van der Waals surface area contributed by atoms with E-state index in [0.717, 1.165) is 5.56 Å². The lowest BCUT2D eigenvalue weighted by Gasteiger charge is -2.14. The molecule has 0 aliphatic rings. The first kappa shape index (κ1) is 19.2. The molecule has 0 aliphatic carbocycles. The number of esters is 1. The summed E-state index contributed by atoms with van der Waals surface area (Å²) in [5.74, 6) is -0.685. The topological polar surface area (TPSA) is 81.7 Å². The number of nitrogens with one attached hydrogen (secondary N) is 1. The summed E-state index contributed by atoms with van der Waals surface area (Å²) in [7, 11) is 0. The third-order valence-corrected chi connectivity index (χ3v) is 3.56. The van der Waals surface area contributed by atoms with Crippen LogP contribution in [0.4, 0.5) is 5.69 Å². The highest BCUT2D eigenvalue weighted by Crippen LogP contribution is 2.13. The number of hydrogen-bond acceptors (Lipinski definition) is 5. The molecule has 0 aromatic heterocycles. The molecule has 0 fully saturated rings.